The van der Waals surface area contributed by atoms with Crippen LogP contribution >= 0.6 is 0 Å². The van der Waals surface area contributed by atoms with Crippen LogP contribution in [-0.4, -0.2) is 23.7 Å². The molecule has 1 fully saturated rings. The summed E-state index contributed by atoms with van der Waals surface area (Å²) in [7, 11) is 0. The summed E-state index contributed by atoms with van der Waals surface area (Å²) in [5, 5.41) is 15.5. The van der Waals surface area contributed by atoms with Crippen LogP contribution in [0.5, 0.6) is 0 Å². The summed E-state index contributed by atoms with van der Waals surface area (Å²) in [6.07, 6.45) is 3.86. The minimum Gasteiger partial charge on any atom is -0.387 e. The molecule has 2 amide bonds. The summed E-state index contributed by atoms with van der Waals surface area (Å²) in [5.74, 6) is 0. The van der Waals surface area contributed by atoms with Crippen molar-refractivity contribution in [2.75, 3.05) is 6.54 Å². The van der Waals surface area contributed by atoms with Crippen LogP contribution in [-0.2, 0) is 0 Å². The van der Waals surface area contributed by atoms with Gasteiger partial charge in [-0.1, -0.05) is 43.2 Å². The van der Waals surface area contributed by atoms with E-state index in [1.165, 1.54) is 12.8 Å². The first-order valence-corrected chi connectivity index (χ1v) is 6.53. The number of benzene rings is 1. The lowest BCUT2D eigenvalue weighted by Crippen LogP contribution is -2.42. The zero-order valence-electron chi connectivity index (χ0n) is 10.4. The van der Waals surface area contributed by atoms with Gasteiger partial charge in [0.25, 0.3) is 0 Å². The SMILES string of the molecule is O=C(NC[C@@H](O)c1ccccc1)NC1CCCC1. The molecule has 0 aromatic heterocycles. The Balaban J connectivity index is 1.72. The highest BCUT2D eigenvalue weighted by Gasteiger charge is 2.17. The average Bonchev–Trinajstić information content (AvgIpc) is 2.90. The Bertz CT molecular complexity index is 375. The first kappa shape index (κ1) is 12.9. The molecule has 1 aliphatic rings. The standard InChI is InChI=1S/C14H20N2O2/c17-13(11-6-2-1-3-7-11)10-15-14(18)16-12-8-4-5-9-12/h1-3,6-7,12-13,17H,4-5,8-10H2,(H2,15,16,18)/t13-/m1/s1. The van der Waals surface area contributed by atoms with E-state index in [2.05, 4.69) is 10.6 Å². The second-order valence-corrected chi connectivity index (χ2v) is 4.76. The molecule has 4 nitrogen and oxygen atoms in total. The quantitative estimate of drug-likeness (QED) is 0.762. The van der Waals surface area contributed by atoms with Crippen molar-refractivity contribution in [3.63, 3.8) is 0 Å². The molecule has 1 aromatic rings. The van der Waals surface area contributed by atoms with Gasteiger partial charge in [-0.05, 0) is 18.4 Å². The van der Waals surface area contributed by atoms with Crippen LogP contribution in [0.2, 0.25) is 0 Å². The fourth-order valence-electron chi connectivity index (χ4n) is 2.29. The number of aliphatic hydroxyl groups excluding tert-OH is 1. The van der Waals surface area contributed by atoms with E-state index in [0.717, 1.165) is 18.4 Å². The number of amides is 2. The van der Waals surface area contributed by atoms with Crippen molar-refractivity contribution in [2.24, 2.45) is 0 Å². The maximum atomic E-state index is 11.6. The normalized spacial score (nSPS) is 17.4. The van der Waals surface area contributed by atoms with Gasteiger partial charge in [-0.15, -0.1) is 0 Å². The summed E-state index contributed by atoms with van der Waals surface area (Å²) >= 11 is 0. The van der Waals surface area contributed by atoms with Gasteiger partial charge in [-0.3, -0.25) is 0 Å². The Morgan fingerprint density at radius 1 is 1.28 bits per heavy atom. The molecule has 1 aromatic carbocycles. The molecule has 18 heavy (non-hydrogen) atoms. The van der Waals surface area contributed by atoms with Crippen molar-refractivity contribution < 1.29 is 9.90 Å². The summed E-state index contributed by atoms with van der Waals surface area (Å²) in [6.45, 7) is 0.239. The average molecular weight is 248 g/mol. The monoisotopic (exact) mass is 248 g/mol. The van der Waals surface area contributed by atoms with E-state index in [1.54, 1.807) is 0 Å². The van der Waals surface area contributed by atoms with Gasteiger partial charge in [-0.2, -0.15) is 0 Å². The third-order valence-corrected chi connectivity index (χ3v) is 3.33. The fraction of sp³-hybridized carbons (Fsp3) is 0.500. The molecule has 1 atom stereocenters. The number of urea groups is 1. The van der Waals surface area contributed by atoms with E-state index in [0.29, 0.717) is 6.04 Å². The van der Waals surface area contributed by atoms with Gasteiger partial charge in [-0.25, -0.2) is 4.79 Å². The maximum absolute atomic E-state index is 11.6. The van der Waals surface area contributed by atoms with Crippen LogP contribution in [0.1, 0.15) is 37.4 Å². The minimum absolute atomic E-state index is 0.183. The van der Waals surface area contributed by atoms with Gasteiger partial charge in [0.05, 0.1) is 6.10 Å². The van der Waals surface area contributed by atoms with E-state index in [1.807, 2.05) is 30.3 Å². The number of hydrogen-bond acceptors (Lipinski definition) is 2. The molecule has 0 spiro atoms. The fourth-order valence-corrected chi connectivity index (χ4v) is 2.29. The van der Waals surface area contributed by atoms with Crippen LogP contribution in [0.25, 0.3) is 0 Å². The molecule has 4 heteroatoms. The topological polar surface area (TPSA) is 61.4 Å². The first-order valence-electron chi connectivity index (χ1n) is 6.53. The number of carbonyl (C=O) groups is 1. The molecule has 0 saturated heterocycles. The van der Waals surface area contributed by atoms with Crippen LogP contribution < -0.4 is 10.6 Å². The number of hydrogen-bond donors (Lipinski definition) is 3. The second kappa shape index (κ2) is 6.40. The molecule has 0 radical (unpaired) electrons. The van der Waals surface area contributed by atoms with Gasteiger partial charge in [0.15, 0.2) is 0 Å². The lowest BCUT2D eigenvalue weighted by Gasteiger charge is -2.15. The Morgan fingerprint density at radius 2 is 1.94 bits per heavy atom. The molecular formula is C14H20N2O2. The van der Waals surface area contributed by atoms with Gasteiger partial charge in [0.2, 0.25) is 0 Å². The predicted octanol–water partition coefficient (Wildman–Crippen LogP) is 1.96. The summed E-state index contributed by atoms with van der Waals surface area (Å²) in [6, 6.07) is 9.46. The lowest BCUT2D eigenvalue weighted by atomic mass is 10.1. The van der Waals surface area contributed by atoms with Crippen molar-refractivity contribution in [3.05, 3.63) is 35.9 Å². The number of nitrogens with one attached hydrogen (secondary N) is 2. The van der Waals surface area contributed by atoms with Crippen molar-refractivity contribution in [2.45, 2.75) is 37.8 Å². The Morgan fingerprint density at radius 3 is 2.61 bits per heavy atom. The lowest BCUT2D eigenvalue weighted by molar-refractivity contribution is 0.172. The third kappa shape index (κ3) is 3.74. The molecule has 1 aliphatic carbocycles. The zero-order chi connectivity index (χ0) is 12.8. The Labute approximate surface area is 107 Å². The van der Waals surface area contributed by atoms with Crippen molar-refractivity contribution in [1.29, 1.82) is 0 Å². The third-order valence-electron chi connectivity index (χ3n) is 3.33. The van der Waals surface area contributed by atoms with Crippen molar-refractivity contribution in [1.82, 2.24) is 10.6 Å². The molecular weight excluding hydrogens is 228 g/mol. The van der Waals surface area contributed by atoms with Gasteiger partial charge >= 0.3 is 6.03 Å². The molecule has 0 aliphatic heterocycles. The number of carbonyl (C=O) groups excluding carboxylic acids is 1. The zero-order valence-corrected chi connectivity index (χ0v) is 10.4. The predicted molar refractivity (Wildman–Crippen MR) is 70.2 cm³/mol. The highest BCUT2D eigenvalue weighted by atomic mass is 16.3. The molecule has 0 unspecified atom stereocenters. The van der Waals surface area contributed by atoms with E-state index in [4.69, 9.17) is 0 Å². The highest BCUT2D eigenvalue weighted by Crippen LogP contribution is 2.17. The number of aliphatic hydroxyl groups is 1. The van der Waals surface area contributed by atoms with Gasteiger partial charge < -0.3 is 15.7 Å². The molecule has 98 valence electrons. The highest BCUT2D eigenvalue weighted by molar-refractivity contribution is 5.74. The maximum Gasteiger partial charge on any atom is 0.315 e. The Hall–Kier alpha value is -1.55. The second-order valence-electron chi connectivity index (χ2n) is 4.76. The molecule has 0 bridgehead atoms. The number of rotatable bonds is 4. The van der Waals surface area contributed by atoms with Crippen LogP contribution in [0.3, 0.4) is 0 Å². The smallest absolute Gasteiger partial charge is 0.315 e. The summed E-state index contributed by atoms with van der Waals surface area (Å²) < 4.78 is 0. The van der Waals surface area contributed by atoms with E-state index >= 15 is 0 Å². The largest absolute Gasteiger partial charge is 0.387 e. The molecule has 1 saturated carbocycles. The molecule has 3 N–H and O–H groups in total. The first-order chi connectivity index (χ1) is 8.75. The summed E-state index contributed by atoms with van der Waals surface area (Å²) in [4.78, 5) is 11.6. The molecule has 2 rings (SSSR count). The minimum atomic E-state index is -0.652. The van der Waals surface area contributed by atoms with E-state index < -0.39 is 6.10 Å². The van der Waals surface area contributed by atoms with Crippen molar-refractivity contribution >= 4 is 6.03 Å². The Kier molecular flexibility index (Phi) is 4.59. The van der Waals surface area contributed by atoms with Crippen LogP contribution in [0, 0.1) is 0 Å². The van der Waals surface area contributed by atoms with E-state index in [-0.39, 0.29) is 12.6 Å². The van der Waals surface area contributed by atoms with Gasteiger partial charge in [0, 0.05) is 12.6 Å². The summed E-state index contributed by atoms with van der Waals surface area (Å²) in [5.41, 5.74) is 0.818. The van der Waals surface area contributed by atoms with E-state index in [9.17, 15) is 9.90 Å². The van der Waals surface area contributed by atoms with Crippen LogP contribution in [0.4, 0.5) is 4.79 Å². The van der Waals surface area contributed by atoms with Crippen LogP contribution in [0.15, 0.2) is 30.3 Å². The van der Waals surface area contributed by atoms with Crippen molar-refractivity contribution in [3.8, 4) is 0 Å². The molecule has 0 heterocycles. The van der Waals surface area contributed by atoms with Gasteiger partial charge in [0.1, 0.15) is 0 Å².